The van der Waals surface area contributed by atoms with Gasteiger partial charge in [0.1, 0.15) is 5.75 Å². The molecule has 120 valence electrons. The number of Topliss-reactive ketones (excluding diaryl/α,β-unsaturated/α-hetero) is 1. The fourth-order valence-electron chi connectivity index (χ4n) is 2.86. The first kappa shape index (κ1) is 15.5. The van der Waals surface area contributed by atoms with Gasteiger partial charge in [-0.25, -0.2) is 0 Å². The molecule has 2 heterocycles. The van der Waals surface area contributed by atoms with Crippen LogP contribution in [0, 0.1) is 0 Å². The topological polar surface area (TPSA) is 45.7 Å². The second-order valence-corrected chi connectivity index (χ2v) is 5.60. The van der Waals surface area contributed by atoms with Crippen LogP contribution < -0.4 is 9.64 Å². The summed E-state index contributed by atoms with van der Waals surface area (Å²) in [5, 5.41) is 0. The van der Waals surface area contributed by atoms with E-state index in [0.29, 0.717) is 12.1 Å². The Morgan fingerprint density at radius 1 is 1.13 bits per heavy atom. The van der Waals surface area contributed by atoms with Gasteiger partial charge in [0.05, 0.1) is 19.3 Å². The number of ether oxygens (including phenoxy) is 1. The van der Waals surface area contributed by atoms with Crippen molar-refractivity contribution in [2.75, 3.05) is 44.7 Å². The molecule has 0 atom stereocenters. The lowest BCUT2D eigenvalue weighted by Gasteiger charge is -2.36. The maximum Gasteiger partial charge on any atom is 0.178 e. The van der Waals surface area contributed by atoms with E-state index in [2.05, 4.69) is 20.9 Å². The van der Waals surface area contributed by atoms with Gasteiger partial charge in [0.25, 0.3) is 0 Å². The Labute approximate surface area is 136 Å². The van der Waals surface area contributed by atoms with Crippen molar-refractivity contribution in [1.29, 1.82) is 0 Å². The highest BCUT2D eigenvalue weighted by Gasteiger charge is 2.21. The molecule has 1 saturated heterocycles. The number of hydrogen-bond acceptors (Lipinski definition) is 5. The molecular formula is C18H21N3O2. The van der Waals surface area contributed by atoms with Crippen molar-refractivity contribution >= 4 is 11.5 Å². The number of ketones is 1. The zero-order chi connectivity index (χ0) is 16.1. The van der Waals surface area contributed by atoms with Crippen molar-refractivity contribution in [3.63, 3.8) is 0 Å². The zero-order valence-corrected chi connectivity index (χ0v) is 13.3. The number of methoxy groups -OCH3 is 1. The number of carbonyl (C=O) groups is 1. The van der Waals surface area contributed by atoms with Crippen LogP contribution >= 0.6 is 0 Å². The van der Waals surface area contributed by atoms with Gasteiger partial charge >= 0.3 is 0 Å². The molecule has 1 fully saturated rings. The van der Waals surface area contributed by atoms with E-state index in [1.165, 1.54) is 0 Å². The monoisotopic (exact) mass is 311 g/mol. The van der Waals surface area contributed by atoms with Gasteiger partial charge in [-0.1, -0.05) is 12.1 Å². The summed E-state index contributed by atoms with van der Waals surface area (Å²) < 4.78 is 5.43. The van der Waals surface area contributed by atoms with Crippen molar-refractivity contribution in [3.8, 4) is 5.75 Å². The van der Waals surface area contributed by atoms with Crippen LogP contribution in [-0.2, 0) is 0 Å². The molecule has 5 heteroatoms. The minimum atomic E-state index is 0.129. The summed E-state index contributed by atoms with van der Waals surface area (Å²) in [7, 11) is 1.70. The van der Waals surface area contributed by atoms with Crippen molar-refractivity contribution < 1.29 is 9.53 Å². The first-order valence-corrected chi connectivity index (χ1v) is 7.81. The third-order valence-electron chi connectivity index (χ3n) is 4.15. The Hall–Kier alpha value is -2.40. The first-order chi connectivity index (χ1) is 11.3. The van der Waals surface area contributed by atoms with Crippen molar-refractivity contribution in [2.24, 2.45) is 0 Å². The molecular weight excluding hydrogens is 290 g/mol. The summed E-state index contributed by atoms with van der Waals surface area (Å²) in [6, 6.07) is 11.7. The molecule has 3 rings (SSSR count). The molecule has 1 aromatic carbocycles. The third kappa shape index (κ3) is 3.68. The third-order valence-corrected chi connectivity index (χ3v) is 4.15. The fraction of sp³-hybridized carbons (Fsp3) is 0.333. The Kier molecular flexibility index (Phi) is 4.88. The molecule has 0 amide bonds. The number of hydrogen-bond donors (Lipinski definition) is 0. The van der Waals surface area contributed by atoms with Gasteiger partial charge in [0.2, 0.25) is 0 Å². The summed E-state index contributed by atoms with van der Waals surface area (Å²) in [6.45, 7) is 3.96. The van der Waals surface area contributed by atoms with Crippen LogP contribution in [0.5, 0.6) is 5.75 Å². The van der Waals surface area contributed by atoms with Gasteiger partial charge in [0, 0.05) is 44.1 Å². The highest BCUT2D eigenvalue weighted by atomic mass is 16.5. The van der Waals surface area contributed by atoms with Crippen LogP contribution in [0.25, 0.3) is 0 Å². The summed E-state index contributed by atoms with van der Waals surface area (Å²) in [4.78, 5) is 20.8. The number of anilines is 1. The minimum Gasteiger partial charge on any atom is -0.495 e. The maximum absolute atomic E-state index is 12.2. The molecule has 0 aliphatic carbocycles. The molecule has 0 radical (unpaired) electrons. The number of rotatable bonds is 5. The summed E-state index contributed by atoms with van der Waals surface area (Å²) >= 11 is 0. The number of para-hydroxylation sites is 2. The first-order valence-electron chi connectivity index (χ1n) is 7.81. The molecule has 0 spiro atoms. The van der Waals surface area contributed by atoms with E-state index in [1.54, 1.807) is 25.6 Å². The average Bonchev–Trinajstić information content (AvgIpc) is 2.63. The highest BCUT2D eigenvalue weighted by Crippen LogP contribution is 2.28. The second-order valence-electron chi connectivity index (χ2n) is 5.60. The molecule has 1 aromatic heterocycles. The quantitative estimate of drug-likeness (QED) is 0.791. The van der Waals surface area contributed by atoms with Crippen LogP contribution in [0.15, 0.2) is 48.8 Å². The predicted octanol–water partition coefficient (Wildman–Crippen LogP) is 2.10. The van der Waals surface area contributed by atoms with Crippen molar-refractivity contribution in [3.05, 3.63) is 54.4 Å². The molecule has 0 saturated carbocycles. The van der Waals surface area contributed by atoms with Crippen LogP contribution in [0.2, 0.25) is 0 Å². The Bertz CT molecular complexity index is 652. The molecule has 0 bridgehead atoms. The summed E-state index contributed by atoms with van der Waals surface area (Å²) in [6.07, 6.45) is 3.32. The molecule has 23 heavy (non-hydrogen) atoms. The van der Waals surface area contributed by atoms with E-state index < -0.39 is 0 Å². The van der Waals surface area contributed by atoms with E-state index in [0.717, 1.165) is 37.6 Å². The number of pyridine rings is 1. The van der Waals surface area contributed by atoms with Crippen molar-refractivity contribution in [2.45, 2.75) is 0 Å². The molecule has 5 nitrogen and oxygen atoms in total. The lowest BCUT2D eigenvalue weighted by atomic mass is 10.1. The molecule has 2 aromatic rings. The predicted molar refractivity (Wildman–Crippen MR) is 90.2 cm³/mol. The summed E-state index contributed by atoms with van der Waals surface area (Å²) in [5.41, 5.74) is 1.80. The maximum atomic E-state index is 12.2. The van der Waals surface area contributed by atoms with E-state index in [4.69, 9.17) is 4.74 Å². The van der Waals surface area contributed by atoms with Crippen LogP contribution in [-0.4, -0.2) is 55.5 Å². The van der Waals surface area contributed by atoms with Crippen LogP contribution in [0.1, 0.15) is 10.4 Å². The molecule has 0 N–H and O–H groups in total. The Morgan fingerprint density at radius 3 is 2.61 bits per heavy atom. The van der Waals surface area contributed by atoms with Gasteiger partial charge in [-0.2, -0.15) is 0 Å². The van der Waals surface area contributed by atoms with E-state index in [-0.39, 0.29) is 5.78 Å². The number of aromatic nitrogens is 1. The van der Waals surface area contributed by atoms with Gasteiger partial charge in [-0.3, -0.25) is 14.7 Å². The zero-order valence-electron chi connectivity index (χ0n) is 13.3. The van der Waals surface area contributed by atoms with E-state index in [1.807, 2.05) is 24.3 Å². The van der Waals surface area contributed by atoms with Gasteiger partial charge in [0.15, 0.2) is 5.78 Å². The SMILES string of the molecule is COc1ccccc1N1CCN(CC(=O)c2cccnc2)CC1. The average molecular weight is 311 g/mol. The largest absolute Gasteiger partial charge is 0.495 e. The van der Waals surface area contributed by atoms with E-state index >= 15 is 0 Å². The molecule has 1 aliphatic rings. The van der Waals surface area contributed by atoms with E-state index in [9.17, 15) is 4.79 Å². The number of benzene rings is 1. The number of piperazine rings is 1. The fourth-order valence-corrected chi connectivity index (χ4v) is 2.86. The minimum absolute atomic E-state index is 0.129. The van der Waals surface area contributed by atoms with Gasteiger partial charge in [-0.05, 0) is 24.3 Å². The number of carbonyl (C=O) groups excluding carboxylic acids is 1. The van der Waals surface area contributed by atoms with Crippen LogP contribution in [0.4, 0.5) is 5.69 Å². The van der Waals surface area contributed by atoms with Crippen LogP contribution in [0.3, 0.4) is 0 Å². The van der Waals surface area contributed by atoms with Gasteiger partial charge < -0.3 is 9.64 Å². The Morgan fingerprint density at radius 2 is 1.91 bits per heavy atom. The standard InChI is InChI=1S/C18H21N3O2/c1-23-18-7-3-2-6-16(18)21-11-9-20(10-12-21)14-17(22)15-5-4-8-19-13-15/h2-8,13H,9-12,14H2,1H3. The lowest BCUT2D eigenvalue weighted by molar-refractivity contribution is 0.0926. The second kappa shape index (κ2) is 7.24. The highest BCUT2D eigenvalue weighted by molar-refractivity contribution is 5.97. The lowest BCUT2D eigenvalue weighted by Crippen LogP contribution is -2.48. The molecule has 0 unspecified atom stereocenters. The summed E-state index contributed by atoms with van der Waals surface area (Å²) in [5.74, 6) is 1.02. The number of nitrogens with zero attached hydrogens (tertiary/aromatic N) is 3. The Balaban J connectivity index is 1.57. The molecule has 1 aliphatic heterocycles. The normalized spacial score (nSPS) is 15.4. The smallest absolute Gasteiger partial charge is 0.178 e. The van der Waals surface area contributed by atoms with Crippen molar-refractivity contribution in [1.82, 2.24) is 9.88 Å². The van der Waals surface area contributed by atoms with Gasteiger partial charge in [-0.15, -0.1) is 0 Å².